The lowest BCUT2D eigenvalue weighted by molar-refractivity contribution is -0.0504. The normalized spacial score (nSPS) is 14.7. The third kappa shape index (κ3) is 8.84. The number of aliphatic hydroxyl groups is 2. The van der Waals surface area contributed by atoms with Crippen LogP contribution < -0.4 is 28.4 Å². The first-order valence-electron chi connectivity index (χ1n) is 15.3. The zero-order valence-corrected chi connectivity index (χ0v) is 32.1. The Morgan fingerprint density at radius 3 is 1.34 bits per heavy atom. The molecule has 300 valence electrons. The van der Waals surface area contributed by atoms with Gasteiger partial charge in [-0.25, -0.2) is 18.4 Å². The molecule has 4 atom stereocenters. The van der Waals surface area contributed by atoms with Gasteiger partial charge in [-0.05, 0) is 24.3 Å². The molecule has 4 aromatic heterocycles. The number of ether oxygens (including phenoxy) is 6. The van der Waals surface area contributed by atoms with Crippen LogP contribution in [0.3, 0.4) is 0 Å². The van der Waals surface area contributed by atoms with Gasteiger partial charge < -0.3 is 48.6 Å². The highest BCUT2D eigenvalue weighted by Crippen LogP contribution is 2.43. The van der Waals surface area contributed by atoms with Gasteiger partial charge in [0.15, 0.2) is 23.0 Å². The van der Waals surface area contributed by atoms with Gasteiger partial charge in [0.1, 0.15) is 44.5 Å². The summed E-state index contributed by atoms with van der Waals surface area (Å²) < 4.78 is 99.4. The first-order chi connectivity index (χ1) is 26.5. The number of methoxy groups -OCH3 is 4. The molecule has 4 N–H and O–H groups in total. The zero-order valence-electron chi connectivity index (χ0n) is 29.0. The van der Waals surface area contributed by atoms with Crippen molar-refractivity contribution < 1.29 is 64.6 Å². The molecule has 0 bridgehead atoms. The average molecular weight is 868 g/mol. The summed E-state index contributed by atoms with van der Waals surface area (Å²) >= 11 is 12.3. The predicted octanol–water partition coefficient (Wildman–Crippen LogP) is 5.45. The van der Waals surface area contributed by atoms with Crippen LogP contribution >= 0.6 is 23.2 Å². The van der Waals surface area contributed by atoms with E-state index in [1.165, 1.54) is 89.4 Å². The summed E-state index contributed by atoms with van der Waals surface area (Å²) in [6.07, 6.45) is 2.60. The van der Waals surface area contributed by atoms with Gasteiger partial charge in [0.05, 0.1) is 50.5 Å². The number of hydrogen-bond acceptors (Lipinski definition) is 14. The van der Waals surface area contributed by atoms with E-state index in [4.69, 9.17) is 42.1 Å². The number of aromatic nitrogens is 6. The number of hydrogen-bond donors (Lipinski definition) is 4. The molecule has 6 rings (SSSR count). The summed E-state index contributed by atoms with van der Waals surface area (Å²) in [5.74, 6) is 0.226. The van der Waals surface area contributed by atoms with Crippen molar-refractivity contribution in [1.82, 2.24) is 29.9 Å². The fraction of sp³-hybridized carbons (Fsp3) is 0.250. The van der Waals surface area contributed by atoms with E-state index >= 15 is 0 Å². The summed E-state index contributed by atoms with van der Waals surface area (Å²) in [6, 6.07) is 10.8. The van der Waals surface area contributed by atoms with Crippen LogP contribution in [0.5, 0.6) is 34.5 Å². The van der Waals surface area contributed by atoms with E-state index in [1.54, 1.807) is 0 Å². The topological polar surface area (TPSA) is 213 Å². The number of fused-ring (bicyclic) bond motifs is 2. The number of imidazole rings is 2. The van der Waals surface area contributed by atoms with Crippen molar-refractivity contribution in [2.24, 2.45) is 0 Å². The number of alkyl halides is 6. The van der Waals surface area contributed by atoms with Gasteiger partial charge in [0, 0.05) is 36.7 Å². The largest absolute Gasteiger partial charge is 0.493 e. The van der Waals surface area contributed by atoms with Crippen LogP contribution in [0.15, 0.2) is 71.2 Å². The third-order valence-electron chi connectivity index (χ3n) is 7.33. The number of nitrogens with one attached hydrogen (secondary N) is 2. The third-order valence-corrected chi connectivity index (χ3v) is 11.0. The van der Waals surface area contributed by atoms with Gasteiger partial charge in [0.2, 0.25) is 10.3 Å². The fourth-order valence-electron chi connectivity index (χ4n) is 4.91. The van der Waals surface area contributed by atoms with Crippen LogP contribution in [0.2, 0.25) is 0 Å². The highest BCUT2D eigenvalue weighted by Gasteiger charge is 2.43. The first-order valence-corrected chi connectivity index (χ1v) is 18.3. The van der Waals surface area contributed by atoms with E-state index in [0.717, 1.165) is 0 Å². The van der Waals surface area contributed by atoms with Crippen molar-refractivity contribution in [3.63, 3.8) is 0 Å². The molecule has 0 aliphatic heterocycles. The molecular weight excluding hydrogens is 839 g/mol. The number of aromatic amines is 2. The van der Waals surface area contributed by atoms with Crippen molar-refractivity contribution in [1.29, 1.82) is 0 Å². The van der Waals surface area contributed by atoms with Crippen molar-refractivity contribution in [2.45, 2.75) is 32.3 Å². The second-order valence-electron chi connectivity index (χ2n) is 10.6. The summed E-state index contributed by atoms with van der Waals surface area (Å²) in [4.78, 5) is 21.4. The van der Waals surface area contributed by atoms with Crippen molar-refractivity contribution in [2.75, 3.05) is 28.4 Å². The Kier molecular flexibility index (Phi) is 13.1. The van der Waals surface area contributed by atoms with Crippen molar-refractivity contribution in [3.8, 4) is 34.5 Å². The molecule has 6 aromatic rings. The maximum atomic E-state index is 12.9. The maximum Gasteiger partial charge on any atom is 0.387 e. The van der Waals surface area contributed by atoms with E-state index in [-0.39, 0.29) is 67.2 Å². The molecule has 0 saturated carbocycles. The smallest absolute Gasteiger partial charge is 0.387 e. The molecule has 0 fully saturated rings. The Labute approximate surface area is 327 Å². The van der Waals surface area contributed by atoms with Gasteiger partial charge in [-0.2, -0.15) is 17.6 Å². The van der Waals surface area contributed by atoms with Crippen LogP contribution in [0, 0.1) is 0 Å². The SMILES string of the molecule is COc1ccnc(C(O)(Cl)S(=O)c2nc3ccc(OC(F)F)cc3[nH]2)c1OC.COc1ccnc(C(O)(Cl)S(=O)c2nc3ccc(OC(F)F)cc3[nH]2)c1OC. The van der Waals surface area contributed by atoms with E-state index in [9.17, 15) is 36.2 Å². The lowest BCUT2D eigenvalue weighted by Crippen LogP contribution is -2.27. The number of H-pyrrole nitrogens is 2. The van der Waals surface area contributed by atoms with Gasteiger partial charge in [0.25, 0.3) is 8.78 Å². The molecule has 4 heterocycles. The molecule has 4 unspecified atom stereocenters. The molecular formula is C32H28Cl2F4N6O10S2. The number of nitrogens with zero attached hydrogens (tertiary/aromatic N) is 4. The summed E-state index contributed by atoms with van der Waals surface area (Å²) in [6.45, 7) is -5.98. The van der Waals surface area contributed by atoms with Gasteiger partial charge in [-0.15, -0.1) is 0 Å². The highest BCUT2D eigenvalue weighted by molar-refractivity contribution is 7.87. The molecule has 0 radical (unpaired) electrons. The average Bonchev–Trinajstić information content (AvgIpc) is 3.80. The molecule has 0 aliphatic carbocycles. The van der Waals surface area contributed by atoms with Crippen LogP contribution in [-0.4, -0.2) is 90.2 Å². The lowest BCUT2D eigenvalue weighted by Gasteiger charge is -2.21. The van der Waals surface area contributed by atoms with Crippen molar-refractivity contribution in [3.05, 3.63) is 72.3 Å². The molecule has 2 aromatic carbocycles. The number of rotatable bonds is 14. The number of pyridine rings is 2. The second-order valence-corrected chi connectivity index (χ2v) is 15.2. The molecule has 56 heavy (non-hydrogen) atoms. The Hall–Kier alpha value is -5.00. The summed E-state index contributed by atoms with van der Waals surface area (Å²) in [5, 5.41) is 21.0. The summed E-state index contributed by atoms with van der Waals surface area (Å²) in [7, 11) is 0.680. The molecule has 24 heteroatoms. The lowest BCUT2D eigenvalue weighted by atomic mass is 10.3. The molecule has 0 saturated heterocycles. The van der Waals surface area contributed by atoms with Crippen molar-refractivity contribution >= 4 is 66.9 Å². The predicted molar refractivity (Wildman–Crippen MR) is 192 cm³/mol. The number of benzene rings is 2. The Morgan fingerprint density at radius 2 is 1.02 bits per heavy atom. The Balaban J connectivity index is 0.000000214. The minimum atomic E-state index is -2.99. The van der Waals surface area contributed by atoms with Crippen LogP contribution in [0.4, 0.5) is 17.6 Å². The Morgan fingerprint density at radius 1 is 0.643 bits per heavy atom. The quantitative estimate of drug-likeness (QED) is 0.0792. The van der Waals surface area contributed by atoms with Crippen LogP contribution in [-0.2, 0) is 30.4 Å². The summed E-state index contributed by atoms with van der Waals surface area (Å²) in [5.41, 5.74) is 0.665. The maximum absolute atomic E-state index is 12.9. The molecule has 0 aliphatic rings. The number of halogens is 6. The van der Waals surface area contributed by atoms with E-state index < -0.39 is 43.6 Å². The van der Waals surface area contributed by atoms with Gasteiger partial charge in [-0.1, -0.05) is 23.2 Å². The van der Waals surface area contributed by atoms with Crippen LogP contribution in [0.25, 0.3) is 22.1 Å². The molecule has 0 amide bonds. The fourth-order valence-corrected chi connectivity index (χ4v) is 7.54. The minimum absolute atomic E-state index is 0.000388. The molecule has 16 nitrogen and oxygen atoms in total. The van der Waals surface area contributed by atoms with E-state index in [1.807, 2.05) is 0 Å². The zero-order chi connectivity index (χ0) is 40.9. The second kappa shape index (κ2) is 17.4. The standard InChI is InChI=1S/2C16H14ClF2N3O5S/c2*1-25-11-5-6-20-13(12(11)26-2)16(17,23)28(24)15-21-9-4-3-8(27-14(18)19)7-10(9)22-15/h2*3-7,14,23H,1-2H3,(H,21,22). The first kappa shape index (κ1) is 42.1. The molecule has 0 spiro atoms. The van der Waals surface area contributed by atoms with E-state index in [2.05, 4.69) is 39.4 Å². The van der Waals surface area contributed by atoms with Gasteiger partial charge in [-0.3, -0.25) is 9.97 Å². The van der Waals surface area contributed by atoms with E-state index in [0.29, 0.717) is 11.0 Å². The highest BCUT2D eigenvalue weighted by atomic mass is 35.5. The van der Waals surface area contributed by atoms with Gasteiger partial charge >= 0.3 is 13.2 Å². The van der Waals surface area contributed by atoms with Crippen LogP contribution in [0.1, 0.15) is 11.4 Å². The monoisotopic (exact) mass is 866 g/mol. The minimum Gasteiger partial charge on any atom is -0.493 e. The Bertz CT molecular complexity index is 2220.